The van der Waals surface area contributed by atoms with Gasteiger partial charge in [0.05, 0.1) is 0 Å². The van der Waals surface area contributed by atoms with E-state index in [1.165, 1.54) is 22.0 Å². The monoisotopic (exact) mass is 420 g/mol. The summed E-state index contributed by atoms with van der Waals surface area (Å²) < 4.78 is 0. The summed E-state index contributed by atoms with van der Waals surface area (Å²) in [4.78, 5) is 21.1. The summed E-state index contributed by atoms with van der Waals surface area (Å²) in [6.07, 6.45) is 6.67. The molecule has 0 saturated carbocycles. The van der Waals surface area contributed by atoms with Crippen molar-refractivity contribution in [2.24, 2.45) is 4.99 Å². The van der Waals surface area contributed by atoms with Gasteiger partial charge in [0.25, 0.3) is 0 Å². The van der Waals surface area contributed by atoms with Crippen LogP contribution in [0, 0.1) is 6.92 Å². The van der Waals surface area contributed by atoms with Gasteiger partial charge in [0.2, 0.25) is 5.95 Å². The summed E-state index contributed by atoms with van der Waals surface area (Å²) in [5, 5.41) is 8.17. The maximum absolute atomic E-state index is 4.36. The lowest BCUT2D eigenvalue weighted by Crippen LogP contribution is -2.49. The molecule has 4 rings (SSSR count). The fourth-order valence-corrected chi connectivity index (χ4v) is 4.00. The van der Waals surface area contributed by atoms with Crippen molar-refractivity contribution in [2.45, 2.75) is 13.3 Å². The molecule has 164 valence electrons. The number of aliphatic imine (C=N–C) groups is 1. The van der Waals surface area contributed by atoms with Crippen molar-refractivity contribution < 1.29 is 0 Å². The van der Waals surface area contributed by atoms with Crippen LogP contribution in [0.15, 0.2) is 47.8 Å². The molecular weight excluding hydrogens is 388 g/mol. The van der Waals surface area contributed by atoms with Crippen molar-refractivity contribution in [3.05, 3.63) is 54.0 Å². The number of aryl methyl sites for hydroxylation is 1. The molecule has 0 radical (unpaired) electrons. The highest BCUT2D eigenvalue weighted by atomic mass is 15.3. The summed E-state index contributed by atoms with van der Waals surface area (Å²) >= 11 is 0. The van der Waals surface area contributed by atoms with Gasteiger partial charge in [-0.3, -0.25) is 9.89 Å². The first-order valence-electron chi connectivity index (χ1n) is 11.0. The second-order valence-electron chi connectivity index (χ2n) is 7.92. The first kappa shape index (κ1) is 21.1. The molecule has 1 saturated heterocycles. The van der Waals surface area contributed by atoms with E-state index in [2.05, 4.69) is 71.7 Å². The van der Waals surface area contributed by atoms with E-state index in [1.54, 1.807) is 12.4 Å². The van der Waals surface area contributed by atoms with Gasteiger partial charge in [-0.1, -0.05) is 12.1 Å². The van der Waals surface area contributed by atoms with Crippen LogP contribution in [0.3, 0.4) is 0 Å². The number of nitrogens with one attached hydrogen (secondary N) is 3. The zero-order valence-electron chi connectivity index (χ0n) is 18.4. The van der Waals surface area contributed by atoms with Crippen LogP contribution in [0.1, 0.15) is 11.1 Å². The Labute approximate surface area is 183 Å². The Morgan fingerprint density at radius 2 is 1.87 bits per heavy atom. The number of aromatic amines is 1. The Bertz CT molecular complexity index is 989. The number of benzene rings is 1. The predicted molar refractivity (Wildman–Crippen MR) is 127 cm³/mol. The van der Waals surface area contributed by atoms with Crippen molar-refractivity contribution in [2.75, 3.05) is 57.8 Å². The molecular formula is C23H32N8. The molecule has 0 amide bonds. The third kappa shape index (κ3) is 5.52. The average molecular weight is 421 g/mol. The molecule has 1 fully saturated rings. The van der Waals surface area contributed by atoms with Gasteiger partial charge in [0.1, 0.15) is 0 Å². The molecule has 0 bridgehead atoms. The summed E-state index contributed by atoms with van der Waals surface area (Å²) in [7, 11) is 1.82. The van der Waals surface area contributed by atoms with Gasteiger partial charge in [-0.25, -0.2) is 9.97 Å². The van der Waals surface area contributed by atoms with Crippen LogP contribution < -0.4 is 15.5 Å². The third-order valence-electron chi connectivity index (χ3n) is 5.76. The second kappa shape index (κ2) is 10.3. The molecule has 8 nitrogen and oxygen atoms in total. The molecule has 1 aliphatic heterocycles. The van der Waals surface area contributed by atoms with Crippen molar-refractivity contribution >= 4 is 22.8 Å². The molecule has 31 heavy (non-hydrogen) atoms. The number of aromatic nitrogens is 3. The van der Waals surface area contributed by atoms with Crippen LogP contribution in [0.5, 0.6) is 0 Å². The highest BCUT2D eigenvalue weighted by molar-refractivity contribution is 5.84. The fourth-order valence-electron chi connectivity index (χ4n) is 4.00. The molecule has 3 N–H and O–H groups in total. The Morgan fingerprint density at radius 1 is 1.10 bits per heavy atom. The largest absolute Gasteiger partial charge is 0.361 e. The summed E-state index contributed by atoms with van der Waals surface area (Å²) in [5.74, 6) is 1.68. The van der Waals surface area contributed by atoms with E-state index >= 15 is 0 Å². The van der Waals surface area contributed by atoms with E-state index < -0.39 is 0 Å². The molecule has 0 unspecified atom stereocenters. The van der Waals surface area contributed by atoms with Crippen LogP contribution >= 0.6 is 0 Å². The number of piperazine rings is 1. The molecule has 3 aromatic rings. The van der Waals surface area contributed by atoms with E-state index in [-0.39, 0.29) is 0 Å². The Kier molecular flexibility index (Phi) is 6.99. The molecule has 2 aromatic heterocycles. The van der Waals surface area contributed by atoms with E-state index in [9.17, 15) is 0 Å². The number of hydrogen-bond acceptors (Lipinski definition) is 5. The minimum atomic E-state index is 0.829. The van der Waals surface area contributed by atoms with Crippen molar-refractivity contribution in [1.29, 1.82) is 0 Å². The number of hydrogen-bond donors (Lipinski definition) is 3. The molecule has 1 aromatic carbocycles. The molecule has 0 aliphatic carbocycles. The standard InChI is InChI=1S/C23H32N8/c1-18-4-5-20-19(17-29-21(20)16-18)6-9-25-22(24-2)26-10-11-30-12-14-31(15-13-30)23-27-7-3-8-28-23/h3-5,7-8,16-17,29H,6,9-15H2,1-2H3,(H2,24,25,26). The molecule has 1 aliphatic rings. The number of anilines is 1. The SMILES string of the molecule is CN=C(NCCc1c[nH]c2cc(C)ccc12)NCCN1CCN(c2ncccn2)CC1. The summed E-state index contributed by atoms with van der Waals surface area (Å²) in [5.41, 5.74) is 3.81. The number of nitrogens with zero attached hydrogens (tertiary/aromatic N) is 5. The lowest BCUT2D eigenvalue weighted by molar-refractivity contribution is 0.260. The van der Waals surface area contributed by atoms with Gasteiger partial charge in [-0.2, -0.15) is 0 Å². The minimum Gasteiger partial charge on any atom is -0.361 e. The molecule has 0 spiro atoms. The molecule has 8 heteroatoms. The number of guanidine groups is 1. The molecule has 3 heterocycles. The highest BCUT2D eigenvalue weighted by Gasteiger charge is 2.18. The second-order valence-corrected chi connectivity index (χ2v) is 7.92. The zero-order valence-corrected chi connectivity index (χ0v) is 18.4. The van der Waals surface area contributed by atoms with Crippen LogP contribution in [-0.2, 0) is 6.42 Å². The number of H-pyrrole nitrogens is 1. The van der Waals surface area contributed by atoms with Crippen LogP contribution in [0.4, 0.5) is 5.95 Å². The van der Waals surface area contributed by atoms with Crippen LogP contribution in [-0.4, -0.2) is 78.7 Å². The first-order chi connectivity index (χ1) is 15.2. The van der Waals surface area contributed by atoms with Gasteiger partial charge in [0.15, 0.2) is 5.96 Å². The van der Waals surface area contributed by atoms with Gasteiger partial charge >= 0.3 is 0 Å². The van der Waals surface area contributed by atoms with Crippen molar-refractivity contribution in [1.82, 2.24) is 30.5 Å². The Hall–Kier alpha value is -3.13. The van der Waals surface area contributed by atoms with E-state index in [4.69, 9.17) is 0 Å². The zero-order chi connectivity index (χ0) is 21.5. The van der Waals surface area contributed by atoms with Crippen LogP contribution in [0.25, 0.3) is 10.9 Å². The third-order valence-corrected chi connectivity index (χ3v) is 5.76. The van der Waals surface area contributed by atoms with Gasteiger partial charge in [-0.05, 0) is 36.6 Å². The lowest BCUT2D eigenvalue weighted by atomic mass is 10.1. The lowest BCUT2D eigenvalue weighted by Gasteiger charge is -2.34. The highest BCUT2D eigenvalue weighted by Crippen LogP contribution is 2.19. The normalized spacial score (nSPS) is 15.4. The van der Waals surface area contributed by atoms with E-state index in [1.807, 2.05) is 13.1 Å². The van der Waals surface area contributed by atoms with Gasteiger partial charge in [-0.15, -0.1) is 0 Å². The number of fused-ring (bicyclic) bond motifs is 1. The van der Waals surface area contributed by atoms with E-state index in [0.717, 1.165) is 64.1 Å². The Balaban J connectivity index is 1.16. The Morgan fingerprint density at radius 3 is 2.65 bits per heavy atom. The topological polar surface area (TPSA) is 84.5 Å². The predicted octanol–water partition coefficient (Wildman–Crippen LogP) is 1.80. The van der Waals surface area contributed by atoms with Gasteiger partial charge < -0.3 is 20.5 Å². The van der Waals surface area contributed by atoms with E-state index in [0.29, 0.717) is 0 Å². The number of rotatable bonds is 7. The van der Waals surface area contributed by atoms with Crippen LogP contribution in [0.2, 0.25) is 0 Å². The smallest absolute Gasteiger partial charge is 0.225 e. The van der Waals surface area contributed by atoms with Gasteiger partial charge in [0, 0.05) is 82.4 Å². The van der Waals surface area contributed by atoms with Crippen molar-refractivity contribution in [3.8, 4) is 0 Å². The average Bonchev–Trinajstić information content (AvgIpc) is 3.21. The first-order valence-corrected chi connectivity index (χ1v) is 11.0. The quantitative estimate of drug-likeness (QED) is 0.399. The maximum Gasteiger partial charge on any atom is 0.225 e. The summed E-state index contributed by atoms with van der Waals surface area (Å²) in [6, 6.07) is 8.42. The maximum atomic E-state index is 4.36. The summed E-state index contributed by atoms with van der Waals surface area (Å²) in [6.45, 7) is 8.78. The molecule has 0 atom stereocenters. The van der Waals surface area contributed by atoms with Crippen molar-refractivity contribution in [3.63, 3.8) is 0 Å². The minimum absolute atomic E-state index is 0.829. The fraction of sp³-hybridized carbons (Fsp3) is 0.435.